The molecule has 1 amide bonds. The molecule has 1 aromatic carbocycles. The second-order valence-corrected chi connectivity index (χ2v) is 7.77. The minimum atomic E-state index is -0.864. The fourth-order valence-corrected chi connectivity index (χ4v) is 4.12. The summed E-state index contributed by atoms with van der Waals surface area (Å²) in [7, 11) is 0. The third-order valence-corrected chi connectivity index (χ3v) is 5.79. The van der Waals surface area contributed by atoms with Crippen molar-refractivity contribution in [2.75, 3.05) is 6.54 Å². The summed E-state index contributed by atoms with van der Waals surface area (Å²) in [6, 6.07) is 9.81. The summed E-state index contributed by atoms with van der Waals surface area (Å²) in [5.41, 5.74) is 1.15. The van der Waals surface area contributed by atoms with Crippen molar-refractivity contribution in [2.24, 2.45) is 5.92 Å². The van der Waals surface area contributed by atoms with Gasteiger partial charge in [0.1, 0.15) is 6.04 Å². The van der Waals surface area contributed by atoms with E-state index in [1.165, 1.54) is 19.3 Å². The lowest BCUT2D eigenvalue weighted by molar-refractivity contribution is -0.143. The van der Waals surface area contributed by atoms with Gasteiger partial charge in [-0.3, -0.25) is 14.5 Å². The number of nitrogens with one attached hydrogen (secondary N) is 1. The molecule has 5 nitrogen and oxygen atoms in total. The van der Waals surface area contributed by atoms with Crippen molar-refractivity contribution in [1.29, 1.82) is 0 Å². The minimum absolute atomic E-state index is 0.0187. The number of benzene rings is 1. The van der Waals surface area contributed by atoms with Crippen LogP contribution in [0.5, 0.6) is 0 Å². The third-order valence-electron chi connectivity index (χ3n) is 5.79. The van der Waals surface area contributed by atoms with E-state index in [4.69, 9.17) is 0 Å². The van der Waals surface area contributed by atoms with Crippen molar-refractivity contribution >= 4 is 11.9 Å². The molecular formula is C21H30N2O3. The predicted molar refractivity (Wildman–Crippen MR) is 101 cm³/mol. The maximum Gasteiger partial charge on any atom is 0.320 e. The van der Waals surface area contributed by atoms with Crippen molar-refractivity contribution in [1.82, 2.24) is 10.2 Å². The van der Waals surface area contributed by atoms with E-state index in [1.807, 2.05) is 23.1 Å². The SMILES string of the molecule is CC(C(=O)O)N(CC(=O)NC(c1ccccc1)C1CCCCC1)C1CC1. The van der Waals surface area contributed by atoms with Gasteiger partial charge in [0.25, 0.3) is 0 Å². The molecule has 26 heavy (non-hydrogen) atoms. The van der Waals surface area contributed by atoms with Crippen molar-refractivity contribution in [3.8, 4) is 0 Å². The molecule has 0 spiro atoms. The van der Waals surface area contributed by atoms with Gasteiger partial charge in [0.2, 0.25) is 5.91 Å². The first-order valence-electron chi connectivity index (χ1n) is 9.89. The molecule has 5 heteroatoms. The fraction of sp³-hybridized carbons (Fsp3) is 0.619. The summed E-state index contributed by atoms with van der Waals surface area (Å²) in [6.45, 7) is 1.83. The fourth-order valence-electron chi connectivity index (χ4n) is 4.12. The molecule has 0 radical (unpaired) electrons. The number of hydrogen-bond acceptors (Lipinski definition) is 3. The number of carboxylic acids is 1. The maximum absolute atomic E-state index is 12.8. The summed E-state index contributed by atoms with van der Waals surface area (Å²) in [4.78, 5) is 26.0. The smallest absolute Gasteiger partial charge is 0.320 e. The van der Waals surface area contributed by atoms with Crippen LogP contribution in [0.4, 0.5) is 0 Å². The zero-order valence-electron chi connectivity index (χ0n) is 15.6. The van der Waals surface area contributed by atoms with E-state index in [-0.39, 0.29) is 24.5 Å². The highest BCUT2D eigenvalue weighted by Gasteiger charge is 2.37. The van der Waals surface area contributed by atoms with E-state index in [2.05, 4.69) is 17.4 Å². The van der Waals surface area contributed by atoms with Gasteiger partial charge in [0, 0.05) is 6.04 Å². The molecule has 2 saturated carbocycles. The Morgan fingerprint density at radius 3 is 2.35 bits per heavy atom. The van der Waals surface area contributed by atoms with Crippen molar-refractivity contribution in [3.63, 3.8) is 0 Å². The lowest BCUT2D eigenvalue weighted by atomic mass is 9.81. The number of aliphatic carboxylic acids is 1. The number of carbonyl (C=O) groups excluding carboxylic acids is 1. The first-order chi connectivity index (χ1) is 12.6. The first-order valence-corrected chi connectivity index (χ1v) is 9.89. The highest BCUT2D eigenvalue weighted by Crippen LogP contribution is 2.34. The van der Waals surface area contributed by atoms with Crippen LogP contribution in [0.25, 0.3) is 0 Å². The molecule has 0 bridgehead atoms. The zero-order chi connectivity index (χ0) is 18.5. The van der Waals surface area contributed by atoms with Crippen LogP contribution in [-0.4, -0.2) is 40.5 Å². The molecule has 2 unspecified atom stereocenters. The average Bonchev–Trinajstić information content (AvgIpc) is 3.50. The van der Waals surface area contributed by atoms with Gasteiger partial charge in [-0.05, 0) is 44.1 Å². The van der Waals surface area contributed by atoms with E-state index >= 15 is 0 Å². The van der Waals surface area contributed by atoms with E-state index < -0.39 is 12.0 Å². The number of carboxylic acid groups (broad SMARTS) is 1. The van der Waals surface area contributed by atoms with Gasteiger partial charge in [-0.15, -0.1) is 0 Å². The van der Waals surface area contributed by atoms with Crippen LogP contribution in [0.2, 0.25) is 0 Å². The Balaban J connectivity index is 1.69. The molecule has 2 aliphatic rings. The normalized spacial score (nSPS) is 20.5. The highest BCUT2D eigenvalue weighted by molar-refractivity contribution is 5.80. The Bertz CT molecular complexity index is 609. The molecule has 0 aliphatic heterocycles. The molecular weight excluding hydrogens is 328 g/mol. The van der Waals surface area contributed by atoms with Gasteiger partial charge >= 0.3 is 5.97 Å². The Labute approximate surface area is 155 Å². The molecule has 2 aliphatic carbocycles. The second kappa shape index (κ2) is 8.67. The second-order valence-electron chi connectivity index (χ2n) is 7.77. The Morgan fingerprint density at radius 2 is 1.77 bits per heavy atom. The molecule has 0 heterocycles. The number of nitrogens with zero attached hydrogens (tertiary/aromatic N) is 1. The van der Waals surface area contributed by atoms with Crippen LogP contribution in [0.15, 0.2) is 30.3 Å². The number of hydrogen-bond donors (Lipinski definition) is 2. The first kappa shape index (κ1) is 18.9. The highest BCUT2D eigenvalue weighted by atomic mass is 16.4. The molecule has 0 saturated heterocycles. The average molecular weight is 358 g/mol. The van der Waals surface area contributed by atoms with E-state index in [0.717, 1.165) is 31.2 Å². The topological polar surface area (TPSA) is 69.6 Å². The standard InChI is InChI=1S/C21H30N2O3/c1-15(21(25)26)23(18-12-13-18)14-19(24)22-20(16-8-4-2-5-9-16)17-10-6-3-7-11-17/h2,4-5,8-9,15,17-18,20H,3,6-7,10-14H2,1H3,(H,22,24)(H,25,26). The molecule has 2 atom stereocenters. The Hall–Kier alpha value is -1.88. The van der Waals surface area contributed by atoms with Crippen molar-refractivity contribution < 1.29 is 14.7 Å². The molecule has 2 N–H and O–H groups in total. The molecule has 1 aromatic rings. The predicted octanol–water partition coefficient (Wildman–Crippen LogP) is 3.36. The number of carbonyl (C=O) groups is 2. The van der Waals surface area contributed by atoms with E-state index in [1.54, 1.807) is 6.92 Å². The number of amides is 1. The van der Waals surface area contributed by atoms with Gasteiger partial charge in [0.05, 0.1) is 12.6 Å². The summed E-state index contributed by atoms with van der Waals surface area (Å²) in [5, 5.41) is 12.6. The van der Waals surface area contributed by atoms with Gasteiger partial charge < -0.3 is 10.4 Å². The third kappa shape index (κ3) is 4.85. The monoisotopic (exact) mass is 358 g/mol. The van der Waals surface area contributed by atoms with Gasteiger partial charge in [-0.1, -0.05) is 49.6 Å². The lowest BCUT2D eigenvalue weighted by Crippen LogP contribution is -2.47. The molecule has 3 rings (SSSR count). The molecule has 2 fully saturated rings. The Morgan fingerprint density at radius 1 is 1.12 bits per heavy atom. The van der Waals surface area contributed by atoms with Crippen LogP contribution in [0.1, 0.15) is 63.5 Å². The summed E-state index contributed by atoms with van der Waals surface area (Å²) < 4.78 is 0. The van der Waals surface area contributed by atoms with Crippen LogP contribution in [-0.2, 0) is 9.59 Å². The largest absolute Gasteiger partial charge is 0.480 e. The maximum atomic E-state index is 12.8. The molecule has 0 aromatic heterocycles. The van der Waals surface area contributed by atoms with Gasteiger partial charge in [-0.2, -0.15) is 0 Å². The van der Waals surface area contributed by atoms with Gasteiger partial charge in [0.15, 0.2) is 0 Å². The van der Waals surface area contributed by atoms with E-state index in [9.17, 15) is 14.7 Å². The quantitative estimate of drug-likeness (QED) is 0.748. The van der Waals surface area contributed by atoms with E-state index in [0.29, 0.717) is 5.92 Å². The van der Waals surface area contributed by atoms with Crippen LogP contribution in [0.3, 0.4) is 0 Å². The van der Waals surface area contributed by atoms with Crippen LogP contribution < -0.4 is 5.32 Å². The van der Waals surface area contributed by atoms with Crippen LogP contribution >= 0.6 is 0 Å². The van der Waals surface area contributed by atoms with Gasteiger partial charge in [-0.25, -0.2) is 0 Å². The summed E-state index contributed by atoms with van der Waals surface area (Å²) in [5.74, 6) is -0.470. The zero-order valence-corrected chi connectivity index (χ0v) is 15.6. The molecule has 142 valence electrons. The van der Waals surface area contributed by atoms with Crippen molar-refractivity contribution in [2.45, 2.75) is 70.0 Å². The summed E-state index contributed by atoms with van der Waals surface area (Å²) in [6.07, 6.45) is 7.94. The number of rotatable bonds is 8. The van der Waals surface area contributed by atoms with Crippen molar-refractivity contribution in [3.05, 3.63) is 35.9 Å². The summed E-state index contributed by atoms with van der Waals surface area (Å²) >= 11 is 0. The lowest BCUT2D eigenvalue weighted by Gasteiger charge is -2.33. The van der Waals surface area contributed by atoms with Crippen LogP contribution in [0, 0.1) is 5.92 Å². The Kier molecular flexibility index (Phi) is 6.30. The minimum Gasteiger partial charge on any atom is -0.480 e.